The van der Waals surface area contributed by atoms with Crippen LogP contribution in [0.5, 0.6) is 5.75 Å². The summed E-state index contributed by atoms with van der Waals surface area (Å²) in [6, 6.07) is 6.94. The van der Waals surface area contributed by atoms with E-state index < -0.39 is 5.97 Å². The van der Waals surface area contributed by atoms with Gasteiger partial charge in [0.05, 0.1) is 24.9 Å². The first kappa shape index (κ1) is 22.8. The van der Waals surface area contributed by atoms with Crippen LogP contribution < -0.4 is 10.3 Å². The molecule has 2 aromatic heterocycles. The molecule has 3 rings (SSSR count). The monoisotopic (exact) mass is 463 g/mol. The first-order valence-corrected chi connectivity index (χ1v) is 10.8. The van der Waals surface area contributed by atoms with Crippen LogP contribution in [0, 0.1) is 6.92 Å². The summed E-state index contributed by atoms with van der Waals surface area (Å²) < 4.78 is 11.9. The van der Waals surface area contributed by atoms with Gasteiger partial charge in [-0.2, -0.15) is 0 Å². The molecule has 31 heavy (non-hydrogen) atoms. The van der Waals surface area contributed by atoms with Gasteiger partial charge in [0.2, 0.25) is 5.91 Å². The molecular formula is C21H22ClN3O5S. The van der Waals surface area contributed by atoms with Crippen molar-refractivity contribution >= 4 is 45.0 Å². The summed E-state index contributed by atoms with van der Waals surface area (Å²) in [4.78, 5) is 44.1. The van der Waals surface area contributed by atoms with E-state index in [-0.39, 0.29) is 24.6 Å². The molecule has 8 nitrogen and oxygen atoms in total. The summed E-state index contributed by atoms with van der Waals surface area (Å²) in [5.74, 6) is -0.0895. The minimum absolute atomic E-state index is 0.163. The van der Waals surface area contributed by atoms with Crippen molar-refractivity contribution in [3.05, 3.63) is 56.4 Å². The number of ether oxygens (including phenoxy) is 2. The molecule has 0 atom stereocenters. The number of hydrogen-bond acceptors (Lipinski definition) is 7. The van der Waals surface area contributed by atoms with Gasteiger partial charge in [-0.15, -0.1) is 11.3 Å². The number of fused-ring (bicyclic) bond motifs is 1. The average Bonchev–Trinajstić information content (AvgIpc) is 3.08. The second-order valence-electron chi connectivity index (χ2n) is 6.75. The van der Waals surface area contributed by atoms with E-state index in [0.717, 1.165) is 11.3 Å². The predicted octanol–water partition coefficient (Wildman–Crippen LogP) is 3.13. The van der Waals surface area contributed by atoms with Crippen LogP contribution in [0.15, 0.2) is 35.4 Å². The fraction of sp³-hybridized carbons (Fsp3) is 0.333. The topological polar surface area (TPSA) is 90.7 Å². The van der Waals surface area contributed by atoms with Gasteiger partial charge in [-0.3, -0.25) is 14.2 Å². The maximum absolute atomic E-state index is 12.9. The molecule has 0 N–H and O–H groups in total. The van der Waals surface area contributed by atoms with Gasteiger partial charge in [0, 0.05) is 12.1 Å². The molecular weight excluding hydrogens is 442 g/mol. The highest BCUT2D eigenvalue weighted by molar-refractivity contribution is 7.20. The third-order valence-electron chi connectivity index (χ3n) is 4.62. The van der Waals surface area contributed by atoms with E-state index in [0.29, 0.717) is 44.6 Å². The zero-order chi connectivity index (χ0) is 22.5. The Kier molecular flexibility index (Phi) is 7.29. The SMILES string of the molecule is CCOC(=O)c1sc2ncn(CC(=O)N(C)CCOc3ccc(Cl)cc3)c(=O)c2c1C. The second kappa shape index (κ2) is 9.93. The molecule has 0 fully saturated rings. The van der Waals surface area contributed by atoms with Crippen molar-refractivity contribution in [2.24, 2.45) is 0 Å². The molecule has 1 aromatic carbocycles. The Morgan fingerprint density at radius 2 is 1.97 bits per heavy atom. The Bertz CT molecular complexity index is 1160. The number of benzene rings is 1. The molecule has 2 heterocycles. The number of aromatic nitrogens is 2. The van der Waals surface area contributed by atoms with E-state index >= 15 is 0 Å². The standard InChI is InChI=1S/C21H22ClN3O5S/c1-4-29-21(28)18-13(2)17-19(31-18)23-12-25(20(17)27)11-16(26)24(3)9-10-30-15-7-5-14(22)6-8-15/h5-8,12H,4,9-11H2,1-3H3. The summed E-state index contributed by atoms with van der Waals surface area (Å²) in [5.41, 5.74) is 0.149. The number of hydrogen-bond donors (Lipinski definition) is 0. The fourth-order valence-corrected chi connectivity index (χ4v) is 4.04. The van der Waals surface area contributed by atoms with Crippen LogP contribution in [-0.2, 0) is 16.1 Å². The van der Waals surface area contributed by atoms with Gasteiger partial charge in [-0.05, 0) is 43.7 Å². The van der Waals surface area contributed by atoms with Crippen LogP contribution >= 0.6 is 22.9 Å². The molecule has 1 amide bonds. The van der Waals surface area contributed by atoms with Crippen LogP contribution in [0.1, 0.15) is 22.2 Å². The first-order valence-electron chi connectivity index (χ1n) is 9.59. The van der Waals surface area contributed by atoms with Crippen molar-refractivity contribution in [2.45, 2.75) is 20.4 Å². The molecule has 0 unspecified atom stereocenters. The van der Waals surface area contributed by atoms with Gasteiger partial charge in [0.15, 0.2) is 0 Å². The number of carbonyl (C=O) groups excluding carboxylic acids is 2. The maximum atomic E-state index is 12.9. The summed E-state index contributed by atoms with van der Waals surface area (Å²) in [6.07, 6.45) is 1.32. The second-order valence-corrected chi connectivity index (χ2v) is 8.19. The van der Waals surface area contributed by atoms with Gasteiger partial charge in [-0.1, -0.05) is 11.6 Å². The van der Waals surface area contributed by atoms with Crippen LogP contribution in [-0.4, -0.2) is 53.1 Å². The van der Waals surface area contributed by atoms with Crippen LogP contribution in [0.4, 0.5) is 0 Å². The van der Waals surface area contributed by atoms with Crippen molar-refractivity contribution in [3.63, 3.8) is 0 Å². The third kappa shape index (κ3) is 5.23. The summed E-state index contributed by atoms with van der Waals surface area (Å²) in [6.45, 7) is 4.11. The van der Waals surface area contributed by atoms with E-state index in [1.165, 1.54) is 15.8 Å². The molecule has 0 aliphatic rings. The van der Waals surface area contributed by atoms with Gasteiger partial charge in [0.25, 0.3) is 5.56 Å². The van der Waals surface area contributed by atoms with Gasteiger partial charge < -0.3 is 14.4 Å². The fourth-order valence-electron chi connectivity index (χ4n) is 2.89. The van der Waals surface area contributed by atoms with Crippen LogP contribution in [0.3, 0.4) is 0 Å². The van der Waals surface area contributed by atoms with E-state index in [2.05, 4.69) is 4.98 Å². The highest BCUT2D eigenvalue weighted by Gasteiger charge is 2.21. The molecule has 0 saturated carbocycles. The summed E-state index contributed by atoms with van der Waals surface area (Å²) in [5, 5.41) is 0.947. The molecule has 0 aliphatic heterocycles. The number of aryl methyl sites for hydroxylation is 1. The van der Waals surface area contributed by atoms with E-state index in [1.54, 1.807) is 45.2 Å². The Morgan fingerprint density at radius 3 is 2.65 bits per heavy atom. The first-order chi connectivity index (χ1) is 14.8. The number of thiophene rings is 1. The Hall–Kier alpha value is -2.91. The molecule has 0 radical (unpaired) electrons. The summed E-state index contributed by atoms with van der Waals surface area (Å²) >= 11 is 6.95. The van der Waals surface area contributed by atoms with Crippen molar-refractivity contribution in [1.29, 1.82) is 0 Å². The van der Waals surface area contributed by atoms with Gasteiger partial charge in [0.1, 0.15) is 28.6 Å². The van der Waals surface area contributed by atoms with Gasteiger partial charge >= 0.3 is 5.97 Å². The quantitative estimate of drug-likeness (QED) is 0.477. The number of halogens is 1. The van der Waals surface area contributed by atoms with Gasteiger partial charge in [-0.25, -0.2) is 9.78 Å². The number of amides is 1. The van der Waals surface area contributed by atoms with Crippen molar-refractivity contribution in [1.82, 2.24) is 14.5 Å². The highest BCUT2D eigenvalue weighted by atomic mass is 35.5. The number of nitrogens with zero attached hydrogens (tertiary/aromatic N) is 3. The largest absolute Gasteiger partial charge is 0.492 e. The average molecular weight is 464 g/mol. The lowest BCUT2D eigenvalue weighted by Gasteiger charge is -2.18. The molecule has 164 valence electrons. The lowest BCUT2D eigenvalue weighted by Crippen LogP contribution is -2.36. The Morgan fingerprint density at radius 1 is 1.26 bits per heavy atom. The lowest BCUT2D eigenvalue weighted by atomic mass is 10.2. The highest BCUT2D eigenvalue weighted by Crippen LogP contribution is 2.27. The maximum Gasteiger partial charge on any atom is 0.348 e. The minimum Gasteiger partial charge on any atom is -0.492 e. The molecule has 10 heteroatoms. The number of rotatable bonds is 8. The van der Waals surface area contributed by atoms with Crippen molar-refractivity contribution < 1.29 is 19.1 Å². The minimum atomic E-state index is -0.481. The lowest BCUT2D eigenvalue weighted by molar-refractivity contribution is -0.130. The number of carbonyl (C=O) groups is 2. The molecule has 3 aromatic rings. The zero-order valence-corrected chi connectivity index (χ0v) is 19.0. The van der Waals surface area contributed by atoms with Crippen LogP contribution in [0.25, 0.3) is 10.2 Å². The summed E-state index contributed by atoms with van der Waals surface area (Å²) in [7, 11) is 1.64. The normalized spacial score (nSPS) is 10.8. The number of esters is 1. The van der Waals surface area contributed by atoms with E-state index in [9.17, 15) is 14.4 Å². The molecule has 0 spiro atoms. The molecule has 0 aliphatic carbocycles. The number of likely N-dealkylation sites (N-methyl/N-ethyl adjacent to an activating group) is 1. The molecule has 0 bridgehead atoms. The van der Waals surface area contributed by atoms with E-state index in [4.69, 9.17) is 21.1 Å². The Balaban J connectivity index is 1.67. The molecule has 0 saturated heterocycles. The smallest absolute Gasteiger partial charge is 0.348 e. The van der Waals surface area contributed by atoms with Crippen molar-refractivity contribution in [3.8, 4) is 5.75 Å². The zero-order valence-electron chi connectivity index (χ0n) is 17.4. The third-order valence-corrected chi connectivity index (χ3v) is 6.05. The van der Waals surface area contributed by atoms with E-state index in [1.807, 2.05) is 0 Å². The Labute approximate surface area is 188 Å². The van der Waals surface area contributed by atoms with Crippen molar-refractivity contribution in [2.75, 3.05) is 26.8 Å². The predicted molar refractivity (Wildman–Crippen MR) is 119 cm³/mol. The van der Waals surface area contributed by atoms with Crippen LogP contribution in [0.2, 0.25) is 5.02 Å².